The van der Waals surface area contributed by atoms with Crippen molar-refractivity contribution in [1.82, 2.24) is 10.9 Å². The third kappa shape index (κ3) is 3.49. The lowest BCUT2D eigenvalue weighted by atomic mass is 10.1. The monoisotopic (exact) mass is 323 g/mol. The van der Waals surface area contributed by atoms with E-state index in [9.17, 15) is 14.4 Å². The molecular weight excluding hydrogens is 306 g/mol. The molecule has 122 valence electrons. The van der Waals surface area contributed by atoms with Crippen LogP contribution in [0.1, 0.15) is 12.0 Å². The first-order chi connectivity index (χ1) is 11.6. The molecule has 1 fully saturated rings. The Morgan fingerprint density at radius 1 is 1.00 bits per heavy atom. The first kappa shape index (κ1) is 15.9. The summed E-state index contributed by atoms with van der Waals surface area (Å²) in [5.74, 6) is -0.924. The van der Waals surface area contributed by atoms with E-state index >= 15 is 0 Å². The molecule has 2 N–H and O–H groups in total. The second-order valence-electron chi connectivity index (χ2n) is 5.51. The molecule has 0 aliphatic carbocycles. The zero-order valence-electron chi connectivity index (χ0n) is 12.9. The van der Waals surface area contributed by atoms with Crippen LogP contribution in [0.25, 0.3) is 0 Å². The van der Waals surface area contributed by atoms with Gasteiger partial charge in [0, 0.05) is 0 Å². The Kier molecular flexibility index (Phi) is 4.67. The molecule has 1 aliphatic rings. The molecule has 1 heterocycles. The van der Waals surface area contributed by atoms with Crippen molar-refractivity contribution in [1.29, 1.82) is 0 Å². The molecule has 0 spiro atoms. The standard InChI is InChI=1S/C18H17N3O3/c22-16(11-13-7-3-1-4-8-13)20-19-15-12-17(23)21(18(15)24)14-9-5-2-6-10-14/h1-10,15,19H,11-12H2,(H,20,22)/t15-/m1/s1. The van der Waals surface area contributed by atoms with Gasteiger partial charge in [-0.15, -0.1) is 0 Å². The molecule has 1 atom stereocenters. The Bertz CT molecular complexity index is 747. The average Bonchev–Trinajstić information content (AvgIpc) is 2.88. The van der Waals surface area contributed by atoms with Gasteiger partial charge in [-0.05, 0) is 17.7 Å². The van der Waals surface area contributed by atoms with Gasteiger partial charge in [-0.3, -0.25) is 19.8 Å². The summed E-state index contributed by atoms with van der Waals surface area (Å²) in [6.07, 6.45) is 0.213. The smallest absolute Gasteiger partial charge is 0.253 e. The molecule has 3 rings (SSSR count). The maximum atomic E-state index is 12.4. The number of rotatable bonds is 5. The van der Waals surface area contributed by atoms with Crippen LogP contribution in [0.3, 0.4) is 0 Å². The van der Waals surface area contributed by atoms with Crippen LogP contribution in [0, 0.1) is 0 Å². The quantitative estimate of drug-likeness (QED) is 0.640. The molecule has 2 aromatic carbocycles. The number of imide groups is 1. The molecule has 24 heavy (non-hydrogen) atoms. The van der Waals surface area contributed by atoms with Crippen molar-refractivity contribution in [3.63, 3.8) is 0 Å². The minimum atomic E-state index is -0.752. The highest BCUT2D eigenvalue weighted by atomic mass is 16.2. The van der Waals surface area contributed by atoms with E-state index in [1.807, 2.05) is 36.4 Å². The minimum Gasteiger partial charge on any atom is -0.291 e. The summed E-state index contributed by atoms with van der Waals surface area (Å²) >= 11 is 0. The molecule has 6 heteroatoms. The molecule has 0 aromatic heterocycles. The Morgan fingerprint density at radius 3 is 2.29 bits per heavy atom. The van der Waals surface area contributed by atoms with Crippen LogP contribution in [0.4, 0.5) is 5.69 Å². The number of hydrazine groups is 1. The van der Waals surface area contributed by atoms with Gasteiger partial charge < -0.3 is 0 Å². The fourth-order valence-electron chi connectivity index (χ4n) is 2.59. The molecule has 1 saturated heterocycles. The lowest BCUT2D eigenvalue weighted by Gasteiger charge is -2.15. The largest absolute Gasteiger partial charge is 0.291 e. The van der Waals surface area contributed by atoms with E-state index in [4.69, 9.17) is 0 Å². The Morgan fingerprint density at radius 2 is 1.62 bits per heavy atom. The van der Waals surface area contributed by atoms with Crippen molar-refractivity contribution >= 4 is 23.4 Å². The Balaban J connectivity index is 1.58. The van der Waals surface area contributed by atoms with Gasteiger partial charge in [-0.2, -0.15) is 0 Å². The first-order valence-electron chi connectivity index (χ1n) is 7.65. The van der Waals surface area contributed by atoms with E-state index in [1.165, 1.54) is 0 Å². The fourth-order valence-corrected chi connectivity index (χ4v) is 2.59. The molecule has 1 aliphatic heterocycles. The summed E-state index contributed by atoms with van der Waals surface area (Å²) in [4.78, 5) is 37.5. The van der Waals surface area contributed by atoms with Gasteiger partial charge in [0.2, 0.25) is 11.8 Å². The summed E-state index contributed by atoms with van der Waals surface area (Å²) in [6, 6.07) is 17.3. The van der Waals surface area contributed by atoms with E-state index in [0.29, 0.717) is 5.69 Å². The Hall–Kier alpha value is -2.99. The lowest BCUT2D eigenvalue weighted by Crippen LogP contribution is -2.48. The number of amides is 3. The zero-order valence-corrected chi connectivity index (χ0v) is 12.9. The van der Waals surface area contributed by atoms with Gasteiger partial charge in [-0.25, -0.2) is 10.3 Å². The highest BCUT2D eigenvalue weighted by Gasteiger charge is 2.39. The molecule has 0 saturated carbocycles. The lowest BCUT2D eigenvalue weighted by molar-refractivity contribution is -0.122. The number of nitrogens with zero attached hydrogens (tertiary/aromatic N) is 1. The summed E-state index contributed by atoms with van der Waals surface area (Å²) in [5, 5.41) is 0. The maximum absolute atomic E-state index is 12.4. The van der Waals surface area contributed by atoms with E-state index in [0.717, 1.165) is 10.5 Å². The van der Waals surface area contributed by atoms with Crippen LogP contribution in [0.5, 0.6) is 0 Å². The number of carbonyl (C=O) groups is 3. The number of nitrogens with one attached hydrogen (secondary N) is 2. The minimum absolute atomic E-state index is 0.0132. The summed E-state index contributed by atoms with van der Waals surface area (Å²) in [5.41, 5.74) is 6.58. The van der Waals surface area contributed by atoms with Crippen LogP contribution >= 0.6 is 0 Å². The molecule has 0 radical (unpaired) electrons. The molecular formula is C18H17N3O3. The van der Waals surface area contributed by atoms with Crippen molar-refractivity contribution < 1.29 is 14.4 Å². The molecule has 6 nitrogen and oxygen atoms in total. The molecule has 0 bridgehead atoms. The predicted octanol–water partition coefficient (Wildman–Crippen LogP) is 1.18. The number of para-hydroxylation sites is 1. The summed E-state index contributed by atoms with van der Waals surface area (Å²) in [6.45, 7) is 0. The van der Waals surface area contributed by atoms with Gasteiger partial charge in [-0.1, -0.05) is 48.5 Å². The maximum Gasteiger partial charge on any atom is 0.253 e. The zero-order chi connectivity index (χ0) is 16.9. The molecule has 0 unspecified atom stereocenters. The summed E-state index contributed by atoms with van der Waals surface area (Å²) in [7, 11) is 0. The SMILES string of the molecule is O=C(Cc1ccccc1)NN[C@@H]1CC(=O)N(c2ccccc2)C1=O. The van der Waals surface area contributed by atoms with Gasteiger partial charge in [0.25, 0.3) is 5.91 Å². The van der Waals surface area contributed by atoms with Crippen molar-refractivity contribution in [3.8, 4) is 0 Å². The first-order valence-corrected chi connectivity index (χ1v) is 7.65. The van der Waals surface area contributed by atoms with Gasteiger partial charge >= 0.3 is 0 Å². The number of benzene rings is 2. The van der Waals surface area contributed by atoms with E-state index in [-0.39, 0.29) is 30.6 Å². The van der Waals surface area contributed by atoms with Gasteiger partial charge in [0.1, 0.15) is 6.04 Å². The fraction of sp³-hybridized carbons (Fsp3) is 0.167. The van der Waals surface area contributed by atoms with E-state index in [2.05, 4.69) is 10.9 Å². The van der Waals surface area contributed by atoms with Crippen LogP contribution in [-0.2, 0) is 20.8 Å². The third-order valence-corrected chi connectivity index (χ3v) is 3.75. The van der Waals surface area contributed by atoms with Crippen molar-refractivity contribution in [2.24, 2.45) is 0 Å². The van der Waals surface area contributed by atoms with E-state index < -0.39 is 6.04 Å². The van der Waals surface area contributed by atoms with Gasteiger partial charge in [0.05, 0.1) is 18.5 Å². The van der Waals surface area contributed by atoms with Crippen LogP contribution in [0.15, 0.2) is 60.7 Å². The normalized spacial score (nSPS) is 17.2. The number of anilines is 1. The van der Waals surface area contributed by atoms with Crippen molar-refractivity contribution in [2.75, 3.05) is 4.90 Å². The van der Waals surface area contributed by atoms with Crippen molar-refractivity contribution in [2.45, 2.75) is 18.9 Å². The van der Waals surface area contributed by atoms with Crippen molar-refractivity contribution in [3.05, 3.63) is 66.2 Å². The topological polar surface area (TPSA) is 78.5 Å². The number of hydrogen-bond donors (Lipinski definition) is 2. The molecule has 2 aromatic rings. The highest BCUT2D eigenvalue weighted by Crippen LogP contribution is 2.22. The average molecular weight is 323 g/mol. The second-order valence-corrected chi connectivity index (χ2v) is 5.51. The highest BCUT2D eigenvalue weighted by molar-refractivity contribution is 6.22. The number of hydrogen-bond acceptors (Lipinski definition) is 4. The second kappa shape index (κ2) is 7.06. The van der Waals surface area contributed by atoms with Crippen LogP contribution in [-0.4, -0.2) is 23.8 Å². The molecule has 3 amide bonds. The van der Waals surface area contributed by atoms with Gasteiger partial charge in [0.15, 0.2) is 0 Å². The van der Waals surface area contributed by atoms with Crippen LogP contribution < -0.4 is 15.8 Å². The predicted molar refractivity (Wildman–Crippen MR) is 88.8 cm³/mol. The number of carbonyl (C=O) groups excluding carboxylic acids is 3. The van der Waals surface area contributed by atoms with Crippen LogP contribution in [0.2, 0.25) is 0 Å². The van der Waals surface area contributed by atoms with E-state index in [1.54, 1.807) is 24.3 Å². The Labute approximate surface area is 139 Å². The third-order valence-electron chi connectivity index (χ3n) is 3.75. The summed E-state index contributed by atoms with van der Waals surface area (Å²) < 4.78 is 0.